The Morgan fingerprint density at radius 3 is 2.82 bits per heavy atom. The number of hydrogen-bond donors (Lipinski definition) is 2. The van der Waals surface area contributed by atoms with Crippen LogP contribution >= 0.6 is 0 Å². The zero-order valence-electron chi connectivity index (χ0n) is 10.4. The van der Waals surface area contributed by atoms with Crippen LogP contribution < -0.4 is 0 Å². The standard InChI is InChI=1S/C14H20O3/c1-9-3-4-14(2)11(5-10(9)8-15)6-12(16)7-13(14)17/h5-6,8-9,12-13,16-17H,3-4,7H2,1-2H3/t9-,12-,13+,14+/m0/s1. The highest BCUT2D eigenvalue weighted by Crippen LogP contribution is 2.45. The fraction of sp³-hybridized carbons (Fsp3) is 0.643. The van der Waals surface area contributed by atoms with Gasteiger partial charge in [0.25, 0.3) is 0 Å². The van der Waals surface area contributed by atoms with Crippen LogP contribution in [-0.4, -0.2) is 28.7 Å². The van der Waals surface area contributed by atoms with Crippen LogP contribution in [0, 0.1) is 11.3 Å². The van der Waals surface area contributed by atoms with Crippen LogP contribution in [-0.2, 0) is 4.79 Å². The Kier molecular flexibility index (Phi) is 3.23. The van der Waals surface area contributed by atoms with Crippen molar-refractivity contribution in [1.82, 2.24) is 0 Å². The van der Waals surface area contributed by atoms with E-state index in [2.05, 4.69) is 0 Å². The van der Waals surface area contributed by atoms with Crippen molar-refractivity contribution < 1.29 is 15.0 Å². The van der Waals surface area contributed by atoms with E-state index < -0.39 is 12.2 Å². The summed E-state index contributed by atoms with van der Waals surface area (Å²) in [6.45, 7) is 4.05. The lowest BCUT2D eigenvalue weighted by atomic mass is 9.69. The summed E-state index contributed by atoms with van der Waals surface area (Å²) in [6.07, 6.45) is 5.53. The molecule has 0 aromatic rings. The molecule has 0 amide bonds. The van der Waals surface area contributed by atoms with Gasteiger partial charge in [0, 0.05) is 11.8 Å². The summed E-state index contributed by atoms with van der Waals surface area (Å²) in [6, 6.07) is 0. The van der Waals surface area contributed by atoms with Crippen molar-refractivity contribution in [2.24, 2.45) is 11.3 Å². The Morgan fingerprint density at radius 1 is 1.47 bits per heavy atom. The first-order chi connectivity index (χ1) is 7.97. The first-order valence-electron chi connectivity index (χ1n) is 6.22. The first-order valence-corrected chi connectivity index (χ1v) is 6.22. The van der Waals surface area contributed by atoms with Gasteiger partial charge >= 0.3 is 0 Å². The van der Waals surface area contributed by atoms with Crippen LogP contribution in [0.5, 0.6) is 0 Å². The van der Waals surface area contributed by atoms with Gasteiger partial charge in [-0.15, -0.1) is 0 Å². The number of carbonyl (C=O) groups excluding carboxylic acids is 1. The molecule has 0 bridgehead atoms. The maximum absolute atomic E-state index is 11.0. The van der Waals surface area contributed by atoms with E-state index in [9.17, 15) is 15.0 Å². The van der Waals surface area contributed by atoms with Gasteiger partial charge in [-0.1, -0.05) is 26.0 Å². The summed E-state index contributed by atoms with van der Waals surface area (Å²) in [5.41, 5.74) is 1.36. The molecule has 17 heavy (non-hydrogen) atoms. The van der Waals surface area contributed by atoms with Gasteiger partial charge in [0.1, 0.15) is 6.29 Å². The van der Waals surface area contributed by atoms with Crippen molar-refractivity contribution in [2.45, 2.75) is 45.3 Å². The van der Waals surface area contributed by atoms with Crippen LogP contribution in [0.25, 0.3) is 0 Å². The summed E-state index contributed by atoms with van der Waals surface area (Å²) in [5.74, 6) is 0.222. The van der Waals surface area contributed by atoms with E-state index in [0.717, 1.165) is 30.3 Å². The highest BCUT2D eigenvalue weighted by molar-refractivity contribution is 5.75. The molecule has 2 aliphatic carbocycles. The fourth-order valence-electron chi connectivity index (χ4n) is 2.83. The Labute approximate surface area is 102 Å². The highest BCUT2D eigenvalue weighted by Gasteiger charge is 2.41. The summed E-state index contributed by atoms with van der Waals surface area (Å²) in [5, 5.41) is 19.9. The topological polar surface area (TPSA) is 57.5 Å². The lowest BCUT2D eigenvalue weighted by molar-refractivity contribution is -0.105. The van der Waals surface area contributed by atoms with Crippen LogP contribution in [0.4, 0.5) is 0 Å². The largest absolute Gasteiger partial charge is 0.392 e. The van der Waals surface area contributed by atoms with Crippen LogP contribution in [0.3, 0.4) is 0 Å². The first kappa shape index (κ1) is 12.5. The predicted molar refractivity (Wildman–Crippen MR) is 65.4 cm³/mol. The van der Waals surface area contributed by atoms with Crippen LogP contribution in [0.1, 0.15) is 33.1 Å². The Hall–Kier alpha value is -0.930. The molecule has 4 atom stereocenters. The molecule has 0 aliphatic heterocycles. The zero-order valence-corrected chi connectivity index (χ0v) is 10.4. The molecule has 3 heteroatoms. The van der Waals surface area contributed by atoms with Gasteiger partial charge in [-0.2, -0.15) is 0 Å². The molecule has 0 aromatic carbocycles. The molecule has 0 unspecified atom stereocenters. The molecule has 0 radical (unpaired) electrons. The molecule has 2 N–H and O–H groups in total. The van der Waals surface area contributed by atoms with Crippen molar-refractivity contribution in [3.63, 3.8) is 0 Å². The summed E-state index contributed by atoms with van der Waals surface area (Å²) < 4.78 is 0. The minimum absolute atomic E-state index is 0.222. The van der Waals surface area contributed by atoms with E-state index in [0.29, 0.717) is 6.42 Å². The van der Waals surface area contributed by atoms with E-state index >= 15 is 0 Å². The lowest BCUT2D eigenvalue weighted by Crippen LogP contribution is -2.39. The minimum atomic E-state index is -0.606. The molecule has 3 nitrogen and oxygen atoms in total. The van der Waals surface area contributed by atoms with Gasteiger partial charge in [-0.05, 0) is 29.9 Å². The predicted octanol–water partition coefficient (Wildman–Crippen LogP) is 1.60. The normalized spacial score (nSPS) is 42.0. The van der Waals surface area contributed by atoms with E-state index in [1.54, 1.807) is 6.08 Å². The molecule has 0 heterocycles. The quantitative estimate of drug-likeness (QED) is 0.680. The summed E-state index contributed by atoms with van der Waals surface area (Å²) >= 11 is 0. The molecular formula is C14H20O3. The average Bonchev–Trinajstić information content (AvgIpc) is 2.40. The number of carbonyl (C=O) groups is 1. The van der Waals surface area contributed by atoms with Crippen molar-refractivity contribution >= 4 is 6.29 Å². The van der Waals surface area contributed by atoms with E-state index in [4.69, 9.17) is 0 Å². The third-order valence-electron chi connectivity index (χ3n) is 4.36. The highest BCUT2D eigenvalue weighted by atomic mass is 16.3. The maximum atomic E-state index is 11.0. The molecule has 2 rings (SSSR count). The molecule has 2 aliphatic rings. The number of rotatable bonds is 1. The SMILES string of the molecule is C[C@H]1CC[C@]2(C)C(=C[C@H](O)C[C@H]2O)C=C1C=O. The average molecular weight is 236 g/mol. The third-order valence-corrected chi connectivity index (χ3v) is 4.36. The number of allylic oxidation sites excluding steroid dienone is 2. The van der Waals surface area contributed by atoms with Crippen LogP contribution in [0.15, 0.2) is 23.3 Å². The molecular weight excluding hydrogens is 216 g/mol. The van der Waals surface area contributed by atoms with Crippen molar-refractivity contribution in [1.29, 1.82) is 0 Å². The number of aldehydes is 1. The number of aliphatic hydroxyl groups is 2. The molecule has 0 aromatic heterocycles. The monoisotopic (exact) mass is 236 g/mol. The van der Waals surface area contributed by atoms with Crippen molar-refractivity contribution in [3.05, 3.63) is 23.3 Å². The minimum Gasteiger partial charge on any atom is -0.392 e. The lowest BCUT2D eigenvalue weighted by Gasteiger charge is -2.40. The molecule has 0 saturated carbocycles. The van der Waals surface area contributed by atoms with Gasteiger partial charge < -0.3 is 10.2 Å². The maximum Gasteiger partial charge on any atom is 0.146 e. The Bertz CT molecular complexity index is 383. The van der Waals surface area contributed by atoms with Crippen LogP contribution in [0.2, 0.25) is 0 Å². The molecule has 0 saturated heterocycles. The Balaban J connectivity index is 2.47. The summed E-state index contributed by atoms with van der Waals surface area (Å²) in [4.78, 5) is 11.0. The van der Waals surface area contributed by atoms with E-state index in [1.807, 2.05) is 19.9 Å². The van der Waals surface area contributed by atoms with Gasteiger partial charge in [0.2, 0.25) is 0 Å². The smallest absolute Gasteiger partial charge is 0.146 e. The molecule has 0 spiro atoms. The van der Waals surface area contributed by atoms with Gasteiger partial charge in [-0.25, -0.2) is 0 Å². The van der Waals surface area contributed by atoms with E-state index in [1.165, 1.54) is 0 Å². The third kappa shape index (κ3) is 2.09. The van der Waals surface area contributed by atoms with Gasteiger partial charge in [0.15, 0.2) is 0 Å². The number of hydrogen-bond acceptors (Lipinski definition) is 3. The second-order valence-electron chi connectivity index (χ2n) is 5.56. The number of aliphatic hydroxyl groups excluding tert-OH is 2. The summed E-state index contributed by atoms with van der Waals surface area (Å²) in [7, 11) is 0. The van der Waals surface area contributed by atoms with Gasteiger partial charge in [0.05, 0.1) is 12.2 Å². The second kappa shape index (κ2) is 4.39. The second-order valence-corrected chi connectivity index (χ2v) is 5.56. The molecule has 0 fully saturated rings. The zero-order chi connectivity index (χ0) is 12.6. The van der Waals surface area contributed by atoms with Gasteiger partial charge in [-0.3, -0.25) is 4.79 Å². The van der Waals surface area contributed by atoms with Crippen molar-refractivity contribution in [2.75, 3.05) is 0 Å². The fourth-order valence-corrected chi connectivity index (χ4v) is 2.83. The molecule has 94 valence electrons. The number of fused-ring (bicyclic) bond motifs is 1. The Morgan fingerprint density at radius 2 is 2.18 bits per heavy atom. The van der Waals surface area contributed by atoms with Crippen molar-refractivity contribution in [3.8, 4) is 0 Å². The van der Waals surface area contributed by atoms with E-state index in [-0.39, 0.29) is 11.3 Å².